The van der Waals surface area contributed by atoms with Crippen LogP contribution in [0.5, 0.6) is 0 Å². The van der Waals surface area contributed by atoms with E-state index in [-0.39, 0.29) is 0 Å². The minimum atomic E-state index is 0.755. The van der Waals surface area contributed by atoms with Crippen molar-refractivity contribution in [1.82, 2.24) is 9.78 Å². The molecule has 0 N–H and O–H groups in total. The van der Waals surface area contributed by atoms with Gasteiger partial charge in [0.05, 0.1) is 11.2 Å². The van der Waals surface area contributed by atoms with Crippen molar-refractivity contribution in [2.45, 2.75) is 6.67 Å². The zero-order valence-electron chi connectivity index (χ0n) is 10.5. The lowest BCUT2D eigenvalue weighted by atomic mass is 10.0. The molecular formula is C15H12ClN3. The monoisotopic (exact) mass is 269 g/mol. The number of aromatic nitrogens is 2. The molecule has 3 aromatic rings. The summed E-state index contributed by atoms with van der Waals surface area (Å²) < 4.78 is 2.04. The van der Waals surface area contributed by atoms with Crippen molar-refractivity contribution in [3.63, 3.8) is 0 Å². The Kier molecular flexibility index (Phi) is 2.15. The van der Waals surface area contributed by atoms with Crippen molar-refractivity contribution in [3.05, 3.63) is 47.5 Å². The molecule has 19 heavy (non-hydrogen) atoms. The number of nitrogens with zero attached hydrogens (tertiary/aromatic N) is 3. The van der Waals surface area contributed by atoms with E-state index in [1.165, 1.54) is 11.1 Å². The molecule has 0 amide bonds. The normalized spacial score (nSPS) is 13.5. The van der Waals surface area contributed by atoms with Gasteiger partial charge in [0.1, 0.15) is 6.67 Å². The lowest BCUT2D eigenvalue weighted by molar-refractivity contribution is 0.608. The van der Waals surface area contributed by atoms with Crippen molar-refractivity contribution in [3.8, 4) is 11.3 Å². The molecule has 4 heteroatoms. The summed E-state index contributed by atoms with van der Waals surface area (Å²) in [6.07, 6.45) is 0. The molecule has 1 aromatic heterocycles. The summed E-state index contributed by atoms with van der Waals surface area (Å²) in [6.45, 7) is 0.763. The lowest BCUT2D eigenvalue weighted by Crippen LogP contribution is -2.26. The smallest absolute Gasteiger partial charge is 0.112 e. The van der Waals surface area contributed by atoms with Crippen molar-refractivity contribution in [1.29, 1.82) is 0 Å². The molecule has 2 aromatic carbocycles. The van der Waals surface area contributed by atoms with Gasteiger partial charge in [-0.1, -0.05) is 29.8 Å². The van der Waals surface area contributed by atoms with Gasteiger partial charge in [0.25, 0.3) is 0 Å². The molecular weight excluding hydrogens is 258 g/mol. The van der Waals surface area contributed by atoms with Gasteiger partial charge in [-0.2, -0.15) is 5.10 Å². The second-order valence-corrected chi connectivity index (χ2v) is 5.30. The fraction of sp³-hybridized carbons (Fsp3) is 0.133. The van der Waals surface area contributed by atoms with Crippen molar-refractivity contribution in [2.24, 2.45) is 0 Å². The number of hydrogen-bond acceptors (Lipinski definition) is 2. The first-order valence-electron chi connectivity index (χ1n) is 6.20. The molecule has 0 aliphatic carbocycles. The van der Waals surface area contributed by atoms with E-state index in [1.807, 2.05) is 35.0 Å². The number of anilines is 1. The number of fused-ring (bicyclic) bond motifs is 5. The van der Waals surface area contributed by atoms with Crippen LogP contribution >= 0.6 is 11.6 Å². The van der Waals surface area contributed by atoms with E-state index in [0.717, 1.165) is 28.5 Å². The second-order valence-electron chi connectivity index (χ2n) is 4.87. The molecule has 3 nitrogen and oxygen atoms in total. The molecule has 2 heterocycles. The topological polar surface area (TPSA) is 21.1 Å². The maximum Gasteiger partial charge on any atom is 0.112 e. The Morgan fingerprint density at radius 1 is 1.16 bits per heavy atom. The van der Waals surface area contributed by atoms with Crippen LogP contribution in [0.4, 0.5) is 5.69 Å². The van der Waals surface area contributed by atoms with E-state index in [2.05, 4.69) is 29.2 Å². The van der Waals surface area contributed by atoms with Crippen molar-refractivity contribution in [2.75, 3.05) is 11.9 Å². The first kappa shape index (κ1) is 10.9. The van der Waals surface area contributed by atoms with Gasteiger partial charge in [-0.15, -0.1) is 0 Å². The lowest BCUT2D eigenvalue weighted by Gasteiger charge is -2.28. The van der Waals surface area contributed by atoms with Gasteiger partial charge in [0.15, 0.2) is 0 Å². The maximum atomic E-state index is 6.16. The quantitative estimate of drug-likeness (QED) is 0.619. The third-order valence-electron chi connectivity index (χ3n) is 3.62. The maximum absolute atomic E-state index is 6.16. The number of hydrogen-bond donors (Lipinski definition) is 0. The van der Waals surface area contributed by atoms with Gasteiger partial charge in [-0.05, 0) is 24.3 Å². The highest BCUT2D eigenvalue weighted by molar-refractivity contribution is 6.31. The molecule has 0 unspecified atom stereocenters. The van der Waals surface area contributed by atoms with E-state index in [1.54, 1.807) is 0 Å². The summed E-state index contributed by atoms with van der Waals surface area (Å²) in [6, 6.07) is 14.3. The molecule has 0 bridgehead atoms. The van der Waals surface area contributed by atoms with E-state index in [9.17, 15) is 0 Å². The Morgan fingerprint density at radius 2 is 2.00 bits per heavy atom. The SMILES string of the molecule is CN1Cn2nc3ccccc3c2-c2cc(Cl)ccc21. The minimum Gasteiger partial charge on any atom is -0.355 e. The van der Waals surface area contributed by atoms with Gasteiger partial charge in [0, 0.05) is 28.7 Å². The second kappa shape index (κ2) is 3.75. The van der Waals surface area contributed by atoms with Crippen LogP contribution in [0.3, 0.4) is 0 Å². The molecule has 0 saturated carbocycles. The summed E-state index contributed by atoms with van der Waals surface area (Å²) in [5.41, 5.74) is 4.53. The molecule has 4 rings (SSSR count). The van der Waals surface area contributed by atoms with Crippen molar-refractivity contribution >= 4 is 28.2 Å². The molecule has 0 saturated heterocycles. The van der Waals surface area contributed by atoms with Gasteiger partial charge >= 0.3 is 0 Å². The molecule has 0 atom stereocenters. The highest BCUT2D eigenvalue weighted by Crippen LogP contribution is 2.40. The van der Waals surface area contributed by atoms with Gasteiger partial charge in [-0.25, -0.2) is 4.68 Å². The Balaban J connectivity index is 2.12. The first-order chi connectivity index (χ1) is 9.24. The molecule has 94 valence electrons. The highest BCUT2D eigenvalue weighted by Gasteiger charge is 2.23. The highest BCUT2D eigenvalue weighted by atomic mass is 35.5. The van der Waals surface area contributed by atoms with E-state index >= 15 is 0 Å². The molecule has 1 aliphatic rings. The third-order valence-corrected chi connectivity index (χ3v) is 3.85. The predicted molar refractivity (Wildman–Crippen MR) is 78.6 cm³/mol. The summed E-state index contributed by atoms with van der Waals surface area (Å²) in [5.74, 6) is 0. The minimum absolute atomic E-state index is 0.755. The standard InChI is InChI=1S/C15H12ClN3/c1-18-9-19-15(11-4-2-3-5-13(11)17-19)12-8-10(16)6-7-14(12)18/h2-8H,9H2,1H3. The van der Waals surface area contributed by atoms with Gasteiger partial charge < -0.3 is 4.90 Å². The van der Waals surface area contributed by atoms with Crippen LogP contribution in [0, 0.1) is 0 Å². The van der Waals surface area contributed by atoms with E-state index < -0.39 is 0 Å². The fourth-order valence-corrected chi connectivity index (χ4v) is 2.95. The molecule has 0 fully saturated rings. The summed E-state index contributed by atoms with van der Waals surface area (Å²) in [7, 11) is 2.07. The average molecular weight is 270 g/mol. The molecule has 0 radical (unpaired) electrons. The summed E-state index contributed by atoms with van der Waals surface area (Å²) >= 11 is 6.16. The van der Waals surface area contributed by atoms with Crippen LogP contribution in [0.25, 0.3) is 22.2 Å². The Labute approximate surface area is 116 Å². The Hall–Kier alpha value is -2.00. The van der Waals surface area contributed by atoms with Crippen LogP contribution in [0.2, 0.25) is 5.02 Å². The number of rotatable bonds is 0. The largest absolute Gasteiger partial charge is 0.355 e. The molecule has 0 spiro atoms. The van der Waals surface area contributed by atoms with Crippen LogP contribution in [-0.4, -0.2) is 16.8 Å². The Bertz CT molecular complexity index is 791. The summed E-state index contributed by atoms with van der Waals surface area (Å²) in [5, 5.41) is 6.60. The fourth-order valence-electron chi connectivity index (χ4n) is 2.77. The van der Waals surface area contributed by atoms with Crippen LogP contribution in [0.1, 0.15) is 0 Å². The van der Waals surface area contributed by atoms with Crippen molar-refractivity contribution < 1.29 is 0 Å². The van der Waals surface area contributed by atoms with Gasteiger partial charge in [0.2, 0.25) is 0 Å². The van der Waals surface area contributed by atoms with E-state index in [4.69, 9.17) is 11.6 Å². The average Bonchev–Trinajstić information content (AvgIpc) is 2.76. The number of halogens is 1. The van der Waals surface area contributed by atoms with Gasteiger partial charge in [-0.3, -0.25) is 0 Å². The summed E-state index contributed by atoms with van der Waals surface area (Å²) in [4.78, 5) is 2.19. The predicted octanol–water partition coefficient (Wildman–Crippen LogP) is 3.76. The molecule has 1 aliphatic heterocycles. The van der Waals surface area contributed by atoms with E-state index in [0.29, 0.717) is 0 Å². The Morgan fingerprint density at radius 3 is 2.89 bits per heavy atom. The number of benzene rings is 2. The first-order valence-corrected chi connectivity index (χ1v) is 6.58. The van der Waals surface area contributed by atoms with Crippen LogP contribution < -0.4 is 4.90 Å². The zero-order valence-corrected chi connectivity index (χ0v) is 11.2. The third kappa shape index (κ3) is 1.48. The van der Waals surface area contributed by atoms with Crippen LogP contribution in [0.15, 0.2) is 42.5 Å². The van der Waals surface area contributed by atoms with Crippen LogP contribution in [-0.2, 0) is 6.67 Å². The zero-order chi connectivity index (χ0) is 13.0.